The predicted molar refractivity (Wildman–Crippen MR) is 52.3 cm³/mol. The van der Waals surface area contributed by atoms with Crippen LogP contribution in [-0.4, -0.2) is 11.3 Å². The SMILES string of the molecule is CC(C)C1(NC2=CC(=O)CC2)CC1. The Balaban J connectivity index is 1.98. The highest BCUT2D eigenvalue weighted by molar-refractivity contribution is 5.92. The molecule has 0 unspecified atom stereocenters. The minimum atomic E-state index is 0.280. The topological polar surface area (TPSA) is 29.1 Å². The van der Waals surface area contributed by atoms with Gasteiger partial charge in [0.1, 0.15) is 0 Å². The predicted octanol–water partition coefficient (Wildman–Crippen LogP) is 2.01. The van der Waals surface area contributed by atoms with E-state index in [1.165, 1.54) is 12.8 Å². The van der Waals surface area contributed by atoms with Crippen LogP contribution in [0, 0.1) is 5.92 Å². The Kier molecular flexibility index (Phi) is 1.94. The van der Waals surface area contributed by atoms with E-state index in [4.69, 9.17) is 0 Å². The third kappa shape index (κ3) is 1.62. The summed E-state index contributed by atoms with van der Waals surface area (Å²) in [5, 5.41) is 3.54. The van der Waals surface area contributed by atoms with Gasteiger partial charge in [-0.3, -0.25) is 4.79 Å². The first kappa shape index (κ1) is 8.79. The minimum Gasteiger partial charge on any atom is -0.383 e. The van der Waals surface area contributed by atoms with E-state index in [1.54, 1.807) is 6.08 Å². The Labute approximate surface area is 79.4 Å². The average molecular weight is 179 g/mol. The molecule has 13 heavy (non-hydrogen) atoms. The molecule has 2 aliphatic rings. The van der Waals surface area contributed by atoms with Crippen LogP contribution in [0.5, 0.6) is 0 Å². The van der Waals surface area contributed by atoms with Crippen LogP contribution >= 0.6 is 0 Å². The van der Waals surface area contributed by atoms with E-state index in [0.717, 1.165) is 12.1 Å². The van der Waals surface area contributed by atoms with Crippen molar-refractivity contribution in [2.45, 2.75) is 45.1 Å². The Morgan fingerprint density at radius 2 is 2.08 bits per heavy atom. The van der Waals surface area contributed by atoms with Gasteiger partial charge < -0.3 is 5.32 Å². The van der Waals surface area contributed by atoms with Gasteiger partial charge in [-0.05, 0) is 25.2 Å². The summed E-state index contributed by atoms with van der Waals surface area (Å²) >= 11 is 0. The van der Waals surface area contributed by atoms with Crippen molar-refractivity contribution in [3.63, 3.8) is 0 Å². The zero-order chi connectivity index (χ0) is 9.47. The van der Waals surface area contributed by atoms with Gasteiger partial charge in [0, 0.05) is 23.7 Å². The second-order valence-electron chi connectivity index (χ2n) is 4.57. The molecule has 0 bridgehead atoms. The van der Waals surface area contributed by atoms with E-state index in [9.17, 15) is 4.79 Å². The number of hydrogen-bond acceptors (Lipinski definition) is 2. The number of hydrogen-bond donors (Lipinski definition) is 1. The molecule has 0 amide bonds. The molecular formula is C11H17NO. The molecule has 0 aromatic carbocycles. The fourth-order valence-electron chi connectivity index (χ4n) is 2.00. The molecule has 0 spiro atoms. The molecule has 2 heteroatoms. The van der Waals surface area contributed by atoms with E-state index in [-0.39, 0.29) is 5.78 Å². The van der Waals surface area contributed by atoms with Crippen molar-refractivity contribution in [3.8, 4) is 0 Å². The van der Waals surface area contributed by atoms with Crippen molar-refractivity contribution in [2.75, 3.05) is 0 Å². The van der Waals surface area contributed by atoms with Crippen molar-refractivity contribution < 1.29 is 4.79 Å². The largest absolute Gasteiger partial charge is 0.383 e. The van der Waals surface area contributed by atoms with E-state index in [1.807, 2.05) is 0 Å². The average Bonchev–Trinajstić information content (AvgIpc) is 2.72. The number of allylic oxidation sites excluding steroid dienone is 2. The van der Waals surface area contributed by atoms with Gasteiger partial charge in [-0.15, -0.1) is 0 Å². The summed E-state index contributed by atoms with van der Waals surface area (Å²) in [5.74, 6) is 0.950. The maximum absolute atomic E-state index is 11.0. The highest BCUT2D eigenvalue weighted by atomic mass is 16.1. The Bertz CT molecular complexity index is 261. The smallest absolute Gasteiger partial charge is 0.157 e. The molecule has 0 radical (unpaired) electrons. The molecule has 0 heterocycles. The van der Waals surface area contributed by atoms with Gasteiger partial charge in [-0.2, -0.15) is 0 Å². The van der Waals surface area contributed by atoms with Crippen LogP contribution in [0.2, 0.25) is 0 Å². The van der Waals surface area contributed by atoms with E-state index < -0.39 is 0 Å². The fraction of sp³-hybridized carbons (Fsp3) is 0.727. The Morgan fingerprint density at radius 3 is 2.46 bits per heavy atom. The summed E-state index contributed by atoms with van der Waals surface area (Å²) < 4.78 is 0. The monoisotopic (exact) mass is 179 g/mol. The van der Waals surface area contributed by atoms with Gasteiger partial charge in [-0.25, -0.2) is 0 Å². The van der Waals surface area contributed by atoms with Crippen LogP contribution in [0.25, 0.3) is 0 Å². The van der Waals surface area contributed by atoms with Crippen molar-refractivity contribution in [1.82, 2.24) is 5.32 Å². The van der Waals surface area contributed by atoms with Crippen molar-refractivity contribution >= 4 is 5.78 Å². The van der Waals surface area contributed by atoms with Crippen LogP contribution in [-0.2, 0) is 4.79 Å². The van der Waals surface area contributed by atoms with Crippen molar-refractivity contribution in [2.24, 2.45) is 5.92 Å². The normalized spacial score (nSPS) is 24.8. The highest BCUT2D eigenvalue weighted by Gasteiger charge is 2.45. The van der Waals surface area contributed by atoms with Crippen LogP contribution in [0.15, 0.2) is 11.8 Å². The molecule has 0 aromatic rings. The summed E-state index contributed by atoms with van der Waals surface area (Å²) in [6.45, 7) is 4.49. The molecule has 1 saturated carbocycles. The number of nitrogens with one attached hydrogen (secondary N) is 1. The van der Waals surface area contributed by atoms with E-state index >= 15 is 0 Å². The molecule has 0 aromatic heterocycles. The maximum Gasteiger partial charge on any atom is 0.157 e. The lowest BCUT2D eigenvalue weighted by Gasteiger charge is -2.23. The Hall–Kier alpha value is -0.790. The first-order chi connectivity index (χ1) is 6.12. The summed E-state index contributed by atoms with van der Waals surface area (Å²) in [6.07, 6.45) is 5.93. The van der Waals surface area contributed by atoms with Gasteiger partial charge in [0.15, 0.2) is 5.78 Å². The number of ketones is 1. The van der Waals surface area contributed by atoms with Gasteiger partial charge in [0.25, 0.3) is 0 Å². The second-order valence-corrected chi connectivity index (χ2v) is 4.57. The van der Waals surface area contributed by atoms with Gasteiger partial charge in [-0.1, -0.05) is 13.8 Å². The van der Waals surface area contributed by atoms with E-state index in [0.29, 0.717) is 17.9 Å². The standard InChI is InChI=1S/C11H17NO/c1-8(2)11(5-6-11)12-9-3-4-10(13)7-9/h7-8,12H,3-6H2,1-2H3. The summed E-state index contributed by atoms with van der Waals surface area (Å²) in [4.78, 5) is 11.0. The van der Waals surface area contributed by atoms with Crippen molar-refractivity contribution in [3.05, 3.63) is 11.8 Å². The summed E-state index contributed by atoms with van der Waals surface area (Å²) in [5.41, 5.74) is 1.49. The van der Waals surface area contributed by atoms with Crippen LogP contribution in [0.1, 0.15) is 39.5 Å². The number of rotatable bonds is 3. The van der Waals surface area contributed by atoms with Gasteiger partial charge >= 0.3 is 0 Å². The van der Waals surface area contributed by atoms with E-state index in [2.05, 4.69) is 19.2 Å². The Morgan fingerprint density at radius 1 is 1.38 bits per heavy atom. The van der Waals surface area contributed by atoms with Crippen LogP contribution < -0.4 is 5.32 Å². The lowest BCUT2D eigenvalue weighted by atomic mass is 10.0. The first-order valence-electron chi connectivity index (χ1n) is 5.14. The van der Waals surface area contributed by atoms with Gasteiger partial charge in [0.05, 0.1) is 0 Å². The van der Waals surface area contributed by atoms with Crippen LogP contribution in [0.4, 0.5) is 0 Å². The molecule has 1 N–H and O–H groups in total. The molecule has 72 valence electrons. The van der Waals surface area contributed by atoms with Gasteiger partial charge in [0.2, 0.25) is 0 Å². The molecule has 0 atom stereocenters. The van der Waals surface area contributed by atoms with Crippen molar-refractivity contribution in [1.29, 1.82) is 0 Å². The lowest BCUT2D eigenvalue weighted by molar-refractivity contribution is -0.114. The molecule has 2 aliphatic carbocycles. The molecular weight excluding hydrogens is 162 g/mol. The molecule has 2 rings (SSSR count). The third-order valence-corrected chi connectivity index (χ3v) is 3.28. The fourth-order valence-corrected chi connectivity index (χ4v) is 2.00. The third-order valence-electron chi connectivity index (χ3n) is 3.28. The highest BCUT2D eigenvalue weighted by Crippen LogP contribution is 2.43. The molecule has 2 nitrogen and oxygen atoms in total. The molecule has 1 fully saturated rings. The second kappa shape index (κ2) is 2.86. The first-order valence-corrected chi connectivity index (χ1v) is 5.14. The van der Waals surface area contributed by atoms with Crippen LogP contribution in [0.3, 0.4) is 0 Å². The maximum atomic E-state index is 11.0. The summed E-state index contributed by atoms with van der Waals surface area (Å²) in [7, 11) is 0. The minimum absolute atomic E-state index is 0.280. The quantitative estimate of drug-likeness (QED) is 0.718. The number of carbonyl (C=O) groups is 1. The lowest BCUT2D eigenvalue weighted by Crippen LogP contribution is -2.35. The zero-order valence-electron chi connectivity index (χ0n) is 8.39. The zero-order valence-corrected chi connectivity index (χ0v) is 8.39. The molecule has 0 saturated heterocycles. The summed E-state index contributed by atoms with van der Waals surface area (Å²) in [6, 6.07) is 0. The molecule has 0 aliphatic heterocycles. The number of carbonyl (C=O) groups excluding carboxylic acids is 1.